The zero-order valence-electron chi connectivity index (χ0n) is 10.6. The summed E-state index contributed by atoms with van der Waals surface area (Å²) in [4.78, 5) is 0. The lowest BCUT2D eigenvalue weighted by Gasteiger charge is -2.21. The van der Waals surface area contributed by atoms with E-state index in [-0.39, 0.29) is 23.2 Å². The summed E-state index contributed by atoms with van der Waals surface area (Å²) in [5.41, 5.74) is 6.42. The van der Waals surface area contributed by atoms with Crippen LogP contribution in [0, 0.1) is 5.92 Å². The third-order valence-corrected chi connectivity index (χ3v) is 3.14. The highest BCUT2D eigenvalue weighted by molar-refractivity contribution is 6.32. The molecule has 4 N–H and O–H groups in total. The Morgan fingerprint density at radius 1 is 1.28 bits per heavy atom. The normalized spacial score (nSPS) is 14.1. The number of aromatic hydroxyl groups is 1. The summed E-state index contributed by atoms with van der Waals surface area (Å²) in [6.45, 7) is 4.18. The third-order valence-electron chi connectivity index (χ3n) is 2.83. The zero-order valence-corrected chi connectivity index (χ0v) is 12.2. The molecule has 1 rings (SSSR count). The third kappa shape index (κ3) is 4.65. The van der Waals surface area contributed by atoms with Crippen molar-refractivity contribution in [2.24, 2.45) is 11.7 Å². The number of rotatable bonds is 5. The predicted octanol–water partition coefficient (Wildman–Crippen LogP) is 3.26. The molecule has 0 aromatic heterocycles. The van der Waals surface area contributed by atoms with Crippen LogP contribution in [0.3, 0.4) is 0 Å². The first-order chi connectivity index (χ1) is 7.93. The van der Waals surface area contributed by atoms with E-state index < -0.39 is 12.1 Å². The zero-order chi connectivity index (χ0) is 13.0. The maximum atomic E-state index is 9.96. The van der Waals surface area contributed by atoms with Gasteiger partial charge in [0, 0.05) is 5.56 Å². The van der Waals surface area contributed by atoms with Crippen molar-refractivity contribution in [3.63, 3.8) is 0 Å². The van der Waals surface area contributed by atoms with Crippen molar-refractivity contribution < 1.29 is 10.2 Å². The minimum Gasteiger partial charge on any atom is -0.506 e. The molecule has 2 atom stereocenters. The Kier molecular flexibility index (Phi) is 7.64. The molecule has 1 aromatic rings. The van der Waals surface area contributed by atoms with E-state index in [0.717, 1.165) is 6.42 Å². The molecule has 1 aromatic carbocycles. The molecule has 0 bridgehead atoms. The quantitative estimate of drug-likeness (QED) is 0.781. The lowest BCUT2D eigenvalue weighted by molar-refractivity contribution is 0.127. The highest BCUT2D eigenvalue weighted by atomic mass is 35.5. The fourth-order valence-electron chi connectivity index (χ4n) is 1.69. The molecule has 0 radical (unpaired) electrons. The number of aliphatic hydroxyl groups excluding tert-OH is 1. The van der Waals surface area contributed by atoms with E-state index in [1.165, 1.54) is 0 Å². The van der Waals surface area contributed by atoms with Crippen molar-refractivity contribution in [1.82, 2.24) is 0 Å². The molecule has 3 nitrogen and oxygen atoms in total. The van der Waals surface area contributed by atoms with Gasteiger partial charge in [0.2, 0.25) is 0 Å². The van der Waals surface area contributed by atoms with Crippen LogP contribution in [0.15, 0.2) is 18.2 Å². The first-order valence-corrected chi connectivity index (χ1v) is 6.22. The summed E-state index contributed by atoms with van der Waals surface area (Å²) >= 11 is 5.80. The van der Waals surface area contributed by atoms with Gasteiger partial charge >= 0.3 is 0 Å². The molecule has 0 aliphatic rings. The average molecular weight is 294 g/mol. The molecule has 0 unspecified atom stereocenters. The molecule has 18 heavy (non-hydrogen) atoms. The smallest absolute Gasteiger partial charge is 0.139 e. The number of nitrogens with two attached hydrogens (primary N) is 1. The van der Waals surface area contributed by atoms with E-state index in [9.17, 15) is 10.2 Å². The summed E-state index contributed by atoms with van der Waals surface area (Å²) in [6.07, 6.45) is 0.850. The number of para-hydroxylation sites is 1. The van der Waals surface area contributed by atoms with Crippen LogP contribution < -0.4 is 5.73 Å². The molecule has 0 saturated heterocycles. The molecule has 0 amide bonds. The van der Waals surface area contributed by atoms with Crippen LogP contribution >= 0.6 is 24.0 Å². The predicted molar refractivity (Wildman–Crippen MR) is 77.4 cm³/mol. The van der Waals surface area contributed by atoms with E-state index in [1.54, 1.807) is 18.2 Å². The van der Waals surface area contributed by atoms with Gasteiger partial charge in [0.15, 0.2) is 0 Å². The molecule has 0 heterocycles. The number of phenolic OH excluding ortho intramolecular Hbond substituents is 1. The molecule has 104 valence electrons. The van der Waals surface area contributed by atoms with E-state index >= 15 is 0 Å². The van der Waals surface area contributed by atoms with Gasteiger partial charge in [-0.05, 0) is 24.8 Å². The largest absolute Gasteiger partial charge is 0.506 e. The van der Waals surface area contributed by atoms with Crippen LogP contribution in [0.1, 0.15) is 38.3 Å². The van der Waals surface area contributed by atoms with Gasteiger partial charge in [-0.1, -0.05) is 37.6 Å². The van der Waals surface area contributed by atoms with Crippen molar-refractivity contribution in [3.05, 3.63) is 28.8 Å². The van der Waals surface area contributed by atoms with E-state index in [1.807, 2.05) is 0 Å². The Labute approximate surface area is 119 Å². The summed E-state index contributed by atoms with van der Waals surface area (Å²) in [6, 6.07) is 4.39. The van der Waals surface area contributed by atoms with Gasteiger partial charge in [-0.15, -0.1) is 12.4 Å². The molecular formula is C13H21Cl2NO2. The SMILES string of the molecule is CC(C)CC[C@@H](O)[C@@H](N)c1cccc(Cl)c1O.Cl. The second-order valence-corrected chi connectivity index (χ2v) is 5.15. The summed E-state index contributed by atoms with van der Waals surface area (Å²) in [7, 11) is 0. The van der Waals surface area contributed by atoms with Crippen LogP contribution in [0.25, 0.3) is 0 Å². The fraction of sp³-hybridized carbons (Fsp3) is 0.538. The first kappa shape index (κ1) is 17.5. The number of benzene rings is 1. The van der Waals surface area contributed by atoms with Crippen molar-refractivity contribution >= 4 is 24.0 Å². The Hall–Kier alpha value is -0.480. The Balaban J connectivity index is 0.00000289. The maximum Gasteiger partial charge on any atom is 0.139 e. The number of halogens is 2. The standard InChI is InChI=1S/C13H20ClNO2.ClH/c1-8(2)6-7-11(16)12(15)9-4-3-5-10(14)13(9)17;/h3-5,8,11-12,16-17H,6-7,15H2,1-2H3;1H/t11-,12+;/m1./s1. The number of hydrogen-bond acceptors (Lipinski definition) is 3. The highest BCUT2D eigenvalue weighted by Gasteiger charge is 2.20. The van der Waals surface area contributed by atoms with Crippen molar-refractivity contribution in [2.45, 2.75) is 38.8 Å². The molecular weight excluding hydrogens is 273 g/mol. The molecule has 0 fully saturated rings. The Morgan fingerprint density at radius 2 is 1.89 bits per heavy atom. The van der Waals surface area contributed by atoms with Gasteiger partial charge in [0.05, 0.1) is 17.2 Å². The topological polar surface area (TPSA) is 66.5 Å². The number of phenols is 1. The van der Waals surface area contributed by atoms with E-state index in [2.05, 4.69) is 13.8 Å². The minimum atomic E-state index is -0.665. The van der Waals surface area contributed by atoms with Crippen LogP contribution in [0.4, 0.5) is 0 Å². The minimum absolute atomic E-state index is 0. The van der Waals surface area contributed by atoms with Crippen molar-refractivity contribution in [2.75, 3.05) is 0 Å². The second-order valence-electron chi connectivity index (χ2n) is 4.74. The molecule has 0 spiro atoms. The highest BCUT2D eigenvalue weighted by Crippen LogP contribution is 2.32. The van der Waals surface area contributed by atoms with Gasteiger partial charge in [0.1, 0.15) is 5.75 Å². The molecule has 0 saturated carbocycles. The molecule has 5 heteroatoms. The van der Waals surface area contributed by atoms with Gasteiger partial charge in [-0.2, -0.15) is 0 Å². The second kappa shape index (κ2) is 7.85. The van der Waals surface area contributed by atoms with Crippen molar-refractivity contribution in [1.29, 1.82) is 0 Å². The summed E-state index contributed by atoms with van der Waals surface area (Å²) in [5.74, 6) is 0.482. The average Bonchev–Trinajstić information content (AvgIpc) is 2.28. The summed E-state index contributed by atoms with van der Waals surface area (Å²) in [5, 5.41) is 20.0. The van der Waals surface area contributed by atoms with Crippen LogP contribution in [-0.2, 0) is 0 Å². The Morgan fingerprint density at radius 3 is 2.44 bits per heavy atom. The number of aliphatic hydroxyl groups is 1. The summed E-state index contributed by atoms with van der Waals surface area (Å²) < 4.78 is 0. The fourth-order valence-corrected chi connectivity index (χ4v) is 1.87. The molecule has 0 aliphatic heterocycles. The Bertz CT molecular complexity index is 372. The van der Waals surface area contributed by atoms with E-state index in [4.69, 9.17) is 17.3 Å². The van der Waals surface area contributed by atoms with Crippen LogP contribution in [-0.4, -0.2) is 16.3 Å². The molecule has 0 aliphatic carbocycles. The van der Waals surface area contributed by atoms with Gasteiger partial charge in [0.25, 0.3) is 0 Å². The van der Waals surface area contributed by atoms with Gasteiger partial charge in [-0.25, -0.2) is 0 Å². The van der Waals surface area contributed by atoms with Gasteiger partial charge < -0.3 is 15.9 Å². The lowest BCUT2D eigenvalue weighted by Crippen LogP contribution is -2.26. The maximum absolute atomic E-state index is 9.96. The van der Waals surface area contributed by atoms with Gasteiger partial charge in [-0.3, -0.25) is 0 Å². The van der Waals surface area contributed by atoms with E-state index in [0.29, 0.717) is 17.9 Å². The van der Waals surface area contributed by atoms with Crippen LogP contribution in [0.5, 0.6) is 5.75 Å². The van der Waals surface area contributed by atoms with Crippen molar-refractivity contribution in [3.8, 4) is 5.75 Å². The lowest BCUT2D eigenvalue weighted by atomic mass is 9.95. The number of hydrogen-bond donors (Lipinski definition) is 3. The monoisotopic (exact) mass is 293 g/mol. The van der Waals surface area contributed by atoms with Crippen LogP contribution in [0.2, 0.25) is 5.02 Å². The first-order valence-electron chi connectivity index (χ1n) is 5.84.